The summed E-state index contributed by atoms with van der Waals surface area (Å²) in [5.74, 6) is -1.15. The molecule has 0 bridgehead atoms. The Morgan fingerprint density at radius 3 is 2.84 bits per heavy atom. The molecule has 100 valence electrons. The molecule has 0 spiro atoms. The summed E-state index contributed by atoms with van der Waals surface area (Å²) < 4.78 is 32.9. The van der Waals surface area contributed by atoms with E-state index in [0.717, 1.165) is 12.8 Å². The molecule has 1 fully saturated rings. The predicted molar refractivity (Wildman–Crippen MR) is 64.2 cm³/mol. The first-order valence-corrected chi connectivity index (χ1v) is 6.16. The molecular formula is C13H13F2N3O. The van der Waals surface area contributed by atoms with E-state index in [1.165, 1.54) is 12.1 Å². The molecular weight excluding hydrogens is 252 g/mol. The Balaban J connectivity index is 1.87. The first-order chi connectivity index (χ1) is 9.15. The lowest BCUT2D eigenvalue weighted by molar-refractivity contribution is 0.469. The van der Waals surface area contributed by atoms with E-state index in [9.17, 15) is 8.78 Å². The molecule has 1 aliphatic rings. The summed E-state index contributed by atoms with van der Waals surface area (Å²) in [6.07, 6.45) is 2.28. The molecule has 1 saturated carbocycles. The first-order valence-electron chi connectivity index (χ1n) is 6.16. The normalized spacial score (nSPS) is 14.9. The van der Waals surface area contributed by atoms with E-state index in [-0.39, 0.29) is 11.5 Å². The Hall–Kier alpha value is -1.82. The van der Waals surface area contributed by atoms with Crippen LogP contribution in [0.2, 0.25) is 0 Å². The number of aryl methyl sites for hydroxylation is 1. The Morgan fingerprint density at radius 1 is 1.32 bits per heavy atom. The van der Waals surface area contributed by atoms with Crippen molar-refractivity contribution in [1.82, 2.24) is 15.5 Å². The summed E-state index contributed by atoms with van der Waals surface area (Å²) in [4.78, 5) is 0. The molecule has 3 rings (SSSR count). The van der Waals surface area contributed by atoms with Gasteiger partial charge in [-0.1, -0.05) is 6.07 Å². The van der Waals surface area contributed by atoms with Crippen LogP contribution in [0.4, 0.5) is 8.78 Å². The summed E-state index contributed by atoms with van der Waals surface area (Å²) in [6.45, 7) is 1.98. The van der Waals surface area contributed by atoms with Gasteiger partial charge in [-0.3, -0.25) is 0 Å². The van der Waals surface area contributed by atoms with Crippen LogP contribution in [0.3, 0.4) is 0 Å². The molecule has 2 aromatic rings. The summed E-state index contributed by atoms with van der Waals surface area (Å²) in [5, 5.41) is 10.7. The fourth-order valence-electron chi connectivity index (χ4n) is 1.80. The summed E-state index contributed by atoms with van der Waals surface area (Å²) >= 11 is 0. The summed E-state index contributed by atoms with van der Waals surface area (Å²) in [7, 11) is 0. The second-order valence-electron chi connectivity index (χ2n) is 4.71. The number of benzene rings is 1. The number of rotatable bonds is 4. The van der Waals surface area contributed by atoms with Crippen LogP contribution in [-0.4, -0.2) is 16.2 Å². The van der Waals surface area contributed by atoms with E-state index >= 15 is 0 Å². The highest BCUT2D eigenvalue weighted by Gasteiger charge is 2.22. The van der Waals surface area contributed by atoms with Crippen molar-refractivity contribution in [3.8, 4) is 11.5 Å². The van der Waals surface area contributed by atoms with E-state index in [0.29, 0.717) is 24.0 Å². The van der Waals surface area contributed by atoms with Crippen molar-refractivity contribution >= 4 is 0 Å². The molecule has 1 aromatic heterocycles. The molecule has 1 aromatic carbocycles. The largest absolute Gasteiger partial charge is 0.419 e. The van der Waals surface area contributed by atoms with Gasteiger partial charge in [0.25, 0.3) is 5.89 Å². The molecule has 1 aliphatic carbocycles. The van der Waals surface area contributed by atoms with E-state index in [2.05, 4.69) is 15.5 Å². The smallest absolute Gasteiger partial charge is 0.253 e. The molecule has 0 unspecified atom stereocenters. The van der Waals surface area contributed by atoms with Crippen LogP contribution in [-0.2, 0) is 6.54 Å². The number of hydrogen-bond donors (Lipinski definition) is 1. The molecule has 0 atom stereocenters. The van der Waals surface area contributed by atoms with Crippen molar-refractivity contribution in [1.29, 1.82) is 0 Å². The minimum absolute atomic E-state index is 0.119. The molecule has 0 amide bonds. The van der Waals surface area contributed by atoms with Gasteiger partial charge in [-0.25, -0.2) is 8.78 Å². The third-order valence-electron chi connectivity index (χ3n) is 3.08. The quantitative estimate of drug-likeness (QED) is 0.923. The van der Waals surface area contributed by atoms with Crippen molar-refractivity contribution in [2.45, 2.75) is 32.4 Å². The number of nitrogens with zero attached hydrogens (tertiary/aromatic N) is 2. The highest BCUT2D eigenvalue weighted by molar-refractivity contribution is 5.56. The Morgan fingerprint density at radius 2 is 2.11 bits per heavy atom. The van der Waals surface area contributed by atoms with Gasteiger partial charge in [0, 0.05) is 6.04 Å². The van der Waals surface area contributed by atoms with Crippen LogP contribution < -0.4 is 5.32 Å². The molecule has 0 saturated heterocycles. The van der Waals surface area contributed by atoms with Gasteiger partial charge in [0.1, 0.15) is 17.2 Å². The number of aromatic nitrogens is 2. The Bertz CT molecular complexity index is 608. The second kappa shape index (κ2) is 4.70. The third-order valence-corrected chi connectivity index (χ3v) is 3.08. The van der Waals surface area contributed by atoms with Gasteiger partial charge in [0.2, 0.25) is 5.89 Å². The van der Waals surface area contributed by atoms with Gasteiger partial charge in [-0.2, -0.15) is 0 Å². The van der Waals surface area contributed by atoms with Crippen LogP contribution >= 0.6 is 0 Å². The van der Waals surface area contributed by atoms with E-state index in [1.807, 2.05) is 0 Å². The van der Waals surface area contributed by atoms with Gasteiger partial charge in [-0.05, 0) is 31.4 Å². The molecule has 0 aliphatic heterocycles. The van der Waals surface area contributed by atoms with Crippen LogP contribution in [0.15, 0.2) is 16.5 Å². The van der Waals surface area contributed by atoms with Gasteiger partial charge in [0.15, 0.2) is 0 Å². The Labute approximate surface area is 108 Å². The van der Waals surface area contributed by atoms with Crippen molar-refractivity contribution in [3.63, 3.8) is 0 Å². The van der Waals surface area contributed by atoms with Crippen LogP contribution in [0, 0.1) is 18.6 Å². The number of halogens is 2. The minimum atomic E-state index is -0.701. The zero-order valence-corrected chi connectivity index (χ0v) is 10.4. The standard InChI is InChI=1S/C13H13F2N3O/c1-7-2-5-9(14)11(12(7)15)13-18-17-10(19-13)6-16-8-3-4-8/h2,5,8,16H,3-4,6H2,1H3. The fraction of sp³-hybridized carbons (Fsp3) is 0.385. The summed E-state index contributed by atoms with van der Waals surface area (Å²) in [5.41, 5.74) is 0.0810. The highest BCUT2D eigenvalue weighted by Crippen LogP contribution is 2.27. The molecule has 1 N–H and O–H groups in total. The molecule has 1 heterocycles. The van der Waals surface area contributed by atoms with Gasteiger partial charge >= 0.3 is 0 Å². The number of hydrogen-bond acceptors (Lipinski definition) is 4. The Kier molecular flexibility index (Phi) is 3.02. The summed E-state index contributed by atoms with van der Waals surface area (Å²) in [6, 6.07) is 3.07. The SMILES string of the molecule is Cc1ccc(F)c(-c2nnc(CNC3CC3)o2)c1F. The lowest BCUT2D eigenvalue weighted by Gasteiger charge is -2.02. The van der Waals surface area contributed by atoms with Crippen molar-refractivity contribution < 1.29 is 13.2 Å². The van der Waals surface area contributed by atoms with Crippen molar-refractivity contribution in [2.75, 3.05) is 0 Å². The van der Waals surface area contributed by atoms with Crippen molar-refractivity contribution in [2.24, 2.45) is 0 Å². The average Bonchev–Trinajstić information content (AvgIpc) is 3.11. The highest BCUT2D eigenvalue weighted by atomic mass is 19.1. The van der Waals surface area contributed by atoms with E-state index < -0.39 is 11.6 Å². The van der Waals surface area contributed by atoms with Gasteiger partial charge < -0.3 is 9.73 Å². The zero-order valence-electron chi connectivity index (χ0n) is 10.4. The maximum Gasteiger partial charge on any atom is 0.253 e. The van der Waals surface area contributed by atoms with Crippen LogP contribution in [0.25, 0.3) is 11.5 Å². The van der Waals surface area contributed by atoms with Gasteiger partial charge in [0.05, 0.1) is 6.54 Å². The average molecular weight is 265 g/mol. The maximum atomic E-state index is 13.9. The number of nitrogens with one attached hydrogen (secondary N) is 1. The molecule has 6 heteroatoms. The minimum Gasteiger partial charge on any atom is -0.419 e. The topological polar surface area (TPSA) is 51.0 Å². The van der Waals surface area contributed by atoms with Gasteiger partial charge in [-0.15, -0.1) is 10.2 Å². The lowest BCUT2D eigenvalue weighted by Crippen LogP contribution is -2.15. The third kappa shape index (κ3) is 2.49. The predicted octanol–water partition coefficient (Wildman–Crippen LogP) is 2.58. The maximum absolute atomic E-state index is 13.9. The fourth-order valence-corrected chi connectivity index (χ4v) is 1.80. The van der Waals surface area contributed by atoms with Crippen molar-refractivity contribution in [3.05, 3.63) is 35.2 Å². The monoisotopic (exact) mass is 265 g/mol. The lowest BCUT2D eigenvalue weighted by atomic mass is 10.1. The van der Waals surface area contributed by atoms with Crippen LogP contribution in [0.1, 0.15) is 24.3 Å². The first kappa shape index (κ1) is 12.2. The zero-order chi connectivity index (χ0) is 13.4. The van der Waals surface area contributed by atoms with E-state index in [1.54, 1.807) is 6.92 Å². The van der Waals surface area contributed by atoms with E-state index in [4.69, 9.17) is 4.42 Å². The molecule has 19 heavy (non-hydrogen) atoms. The molecule has 0 radical (unpaired) electrons. The second-order valence-corrected chi connectivity index (χ2v) is 4.71. The van der Waals surface area contributed by atoms with Crippen LogP contribution in [0.5, 0.6) is 0 Å². The molecule has 4 nitrogen and oxygen atoms in total.